The van der Waals surface area contributed by atoms with Crippen molar-refractivity contribution in [1.29, 1.82) is 0 Å². The van der Waals surface area contributed by atoms with E-state index in [0.29, 0.717) is 11.1 Å². The van der Waals surface area contributed by atoms with Crippen LogP contribution in [0.2, 0.25) is 0 Å². The number of aromatic nitrogens is 2. The van der Waals surface area contributed by atoms with Crippen LogP contribution in [0.1, 0.15) is 67.4 Å². The van der Waals surface area contributed by atoms with Gasteiger partial charge >= 0.3 is 12.1 Å². The summed E-state index contributed by atoms with van der Waals surface area (Å²) in [6, 6.07) is 24.0. The summed E-state index contributed by atoms with van der Waals surface area (Å²) in [5.41, 5.74) is 11.0. The maximum Gasteiger partial charge on any atom is 0.410 e. The molecule has 0 unspecified atom stereocenters. The normalized spacial score (nSPS) is 17.3. The molecule has 4 aromatic heterocycles. The highest BCUT2D eigenvalue weighted by atomic mass is 32.1. The minimum Gasteiger partial charge on any atom is -0.476 e. The SMILES string of the molecule is CC(C)(C)OC(=O)N1CC2(CCN(c3ccccc3N)CC2)C1.O=C(Nc1ccccc1N1CCC2(CC1)CNC2)c1csc(-c2cccs2)n1.O=C(O)c1csc(-c2cccs2)n1. The van der Waals surface area contributed by atoms with Crippen LogP contribution < -0.4 is 26.2 Å². The van der Waals surface area contributed by atoms with Gasteiger partial charge in [0.15, 0.2) is 5.69 Å². The van der Waals surface area contributed by atoms with Crippen LogP contribution in [0.5, 0.6) is 0 Å². The highest BCUT2D eigenvalue weighted by Crippen LogP contribution is 2.43. The van der Waals surface area contributed by atoms with Gasteiger partial charge in [-0.2, -0.15) is 0 Å². The van der Waals surface area contributed by atoms with Gasteiger partial charge in [-0.1, -0.05) is 36.4 Å². The van der Waals surface area contributed by atoms with Gasteiger partial charge in [0.2, 0.25) is 0 Å². The number of benzene rings is 2. The molecule has 0 saturated carbocycles. The number of thiazole rings is 2. The Morgan fingerprint density at radius 1 is 0.719 bits per heavy atom. The molecule has 336 valence electrons. The van der Waals surface area contributed by atoms with E-state index in [2.05, 4.69) is 42.5 Å². The fraction of sp³-hybridized carbons (Fsp3) is 0.383. The molecule has 4 saturated heterocycles. The molecule has 4 aliphatic heterocycles. The fourth-order valence-corrected chi connectivity index (χ4v) is 11.6. The lowest BCUT2D eigenvalue weighted by Crippen LogP contribution is -2.62. The van der Waals surface area contributed by atoms with Gasteiger partial charge in [0.25, 0.3) is 5.91 Å². The third kappa shape index (κ3) is 10.8. The number of anilines is 4. The second-order valence-corrected chi connectivity index (χ2v) is 21.4. The van der Waals surface area contributed by atoms with Crippen molar-refractivity contribution in [3.8, 4) is 19.8 Å². The van der Waals surface area contributed by atoms with Crippen LogP contribution in [0.3, 0.4) is 0 Å². The summed E-state index contributed by atoms with van der Waals surface area (Å²) in [5, 5.41) is 24.2. The number of amides is 2. The molecule has 13 nitrogen and oxygen atoms in total. The number of ether oxygens (including phenoxy) is 1. The van der Waals surface area contributed by atoms with E-state index >= 15 is 0 Å². The molecule has 5 N–H and O–H groups in total. The maximum atomic E-state index is 12.8. The molecule has 6 aromatic rings. The lowest BCUT2D eigenvalue weighted by Gasteiger charge is -2.54. The number of hydrogen-bond donors (Lipinski definition) is 4. The van der Waals surface area contributed by atoms with E-state index in [9.17, 15) is 14.4 Å². The smallest absolute Gasteiger partial charge is 0.410 e. The van der Waals surface area contributed by atoms with Crippen molar-refractivity contribution in [2.75, 3.05) is 73.2 Å². The number of nitrogens with two attached hydrogens (primary N) is 1. The van der Waals surface area contributed by atoms with Gasteiger partial charge in [0.1, 0.15) is 21.3 Å². The Morgan fingerprint density at radius 3 is 1.77 bits per heavy atom. The lowest BCUT2D eigenvalue weighted by atomic mass is 9.72. The van der Waals surface area contributed by atoms with Crippen LogP contribution in [-0.4, -0.2) is 95.9 Å². The molecule has 0 aliphatic carbocycles. The number of carboxylic acid groups (broad SMARTS) is 1. The summed E-state index contributed by atoms with van der Waals surface area (Å²) in [6.07, 6.45) is 4.43. The van der Waals surface area contributed by atoms with Crippen LogP contribution in [0.4, 0.5) is 27.5 Å². The third-order valence-corrected chi connectivity index (χ3v) is 15.8. The number of thiophene rings is 2. The molecule has 4 fully saturated rings. The molecule has 17 heteroatoms. The Bertz CT molecular complexity index is 2500. The number of likely N-dealkylation sites (tertiary alicyclic amines) is 1. The van der Waals surface area contributed by atoms with Crippen molar-refractivity contribution in [2.24, 2.45) is 10.8 Å². The van der Waals surface area contributed by atoms with E-state index in [1.54, 1.807) is 28.1 Å². The van der Waals surface area contributed by atoms with E-state index in [-0.39, 0.29) is 23.1 Å². The van der Waals surface area contributed by atoms with Crippen LogP contribution >= 0.6 is 45.3 Å². The van der Waals surface area contributed by atoms with Crippen molar-refractivity contribution < 1.29 is 24.2 Å². The van der Waals surface area contributed by atoms with Crippen LogP contribution in [0, 0.1) is 10.8 Å². The first kappa shape index (κ1) is 45.2. The molecular formula is C47H54N8O5S4. The Morgan fingerprint density at radius 2 is 1.25 bits per heavy atom. The maximum absolute atomic E-state index is 12.8. The molecule has 10 rings (SSSR count). The van der Waals surface area contributed by atoms with Gasteiger partial charge in [-0.15, -0.1) is 45.3 Å². The number of aromatic carboxylic acids is 1. The number of hydrogen-bond acceptors (Lipinski definition) is 14. The summed E-state index contributed by atoms with van der Waals surface area (Å²) in [5.74, 6) is -1.12. The van der Waals surface area contributed by atoms with Crippen LogP contribution in [-0.2, 0) is 4.74 Å². The van der Waals surface area contributed by atoms with Crippen LogP contribution in [0.25, 0.3) is 19.8 Å². The average molecular weight is 939 g/mol. The molecule has 2 spiro atoms. The molecule has 2 aromatic carbocycles. The lowest BCUT2D eigenvalue weighted by molar-refractivity contribution is -0.0434. The van der Waals surface area contributed by atoms with Crippen molar-refractivity contribution in [2.45, 2.75) is 52.1 Å². The van der Waals surface area contributed by atoms with Crippen molar-refractivity contribution in [3.05, 3.63) is 106 Å². The average Bonchev–Trinajstić information content (AvgIpc) is 4.11. The summed E-state index contributed by atoms with van der Waals surface area (Å²) in [7, 11) is 0. The molecule has 0 radical (unpaired) electrons. The first-order chi connectivity index (χ1) is 30.8. The summed E-state index contributed by atoms with van der Waals surface area (Å²) < 4.78 is 5.44. The van der Waals surface area contributed by atoms with Gasteiger partial charge in [-0.3, -0.25) is 4.79 Å². The standard InChI is InChI=1S/C21H22N4OS2.C18H27N3O2.C8H5NO2S2/c26-19(16-12-28-20(24-16)18-6-3-11-27-18)23-15-4-1-2-5-17(15)25-9-7-21(8-10-25)13-22-14-21;1-17(2,3)23-16(22)21-12-18(13-21)8-10-20(11-9-18)15-7-5-4-6-14(15)19;10-8(11)5-4-13-7(9-5)6-2-1-3-12-6/h1-6,11-12,22H,7-10,13-14H2,(H,23,26);4-7H,8-13,19H2,1-3H3;1-4H,(H,10,11). The molecule has 0 bridgehead atoms. The summed E-state index contributed by atoms with van der Waals surface area (Å²) >= 11 is 6.06. The highest BCUT2D eigenvalue weighted by Gasteiger charge is 2.48. The Kier molecular flexibility index (Phi) is 13.7. The molecule has 8 heterocycles. The van der Waals surface area contributed by atoms with Crippen molar-refractivity contribution in [1.82, 2.24) is 20.2 Å². The fourth-order valence-electron chi connectivity index (χ4n) is 8.41. The minimum atomic E-state index is -0.973. The number of nitrogen functional groups attached to an aromatic ring is 1. The number of carbonyl (C=O) groups excluding carboxylic acids is 2. The first-order valence-corrected chi connectivity index (χ1v) is 25.0. The van der Waals surface area contributed by atoms with Crippen molar-refractivity contribution in [3.63, 3.8) is 0 Å². The predicted molar refractivity (Wildman–Crippen MR) is 261 cm³/mol. The number of piperidine rings is 2. The van der Waals surface area contributed by atoms with Gasteiger partial charge in [0, 0.05) is 68.5 Å². The molecule has 64 heavy (non-hydrogen) atoms. The number of nitrogens with one attached hydrogen (secondary N) is 2. The number of para-hydroxylation sites is 4. The summed E-state index contributed by atoms with van der Waals surface area (Å²) in [6.45, 7) is 13.7. The molecular weight excluding hydrogens is 885 g/mol. The Labute approximate surface area is 389 Å². The quantitative estimate of drug-likeness (QED) is 0.113. The zero-order valence-corrected chi connectivity index (χ0v) is 39.5. The van der Waals surface area contributed by atoms with E-state index in [1.807, 2.05) is 102 Å². The predicted octanol–water partition coefficient (Wildman–Crippen LogP) is 9.99. The molecule has 0 atom stereocenters. The number of rotatable bonds is 7. The van der Waals surface area contributed by atoms with Gasteiger partial charge in [-0.05, 0) is 99.0 Å². The number of carbonyl (C=O) groups is 3. The first-order valence-electron chi connectivity index (χ1n) is 21.4. The second-order valence-electron chi connectivity index (χ2n) is 17.8. The highest BCUT2D eigenvalue weighted by molar-refractivity contribution is 7.20. The zero-order chi connectivity index (χ0) is 44.9. The van der Waals surface area contributed by atoms with Crippen molar-refractivity contribution >= 4 is 86.1 Å². The summed E-state index contributed by atoms with van der Waals surface area (Å²) in [4.78, 5) is 52.6. The van der Waals surface area contributed by atoms with Crippen LogP contribution in [0.15, 0.2) is 94.3 Å². The minimum absolute atomic E-state index is 0.119. The Balaban J connectivity index is 0.000000140. The van der Waals surface area contributed by atoms with E-state index in [1.165, 1.54) is 35.5 Å². The second kappa shape index (κ2) is 19.4. The number of carboxylic acids is 1. The topological polar surface area (TPSA) is 166 Å². The van der Waals surface area contributed by atoms with Gasteiger partial charge in [0.05, 0.1) is 32.5 Å². The van der Waals surface area contributed by atoms with Gasteiger partial charge in [-0.25, -0.2) is 19.6 Å². The van der Waals surface area contributed by atoms with E-state index < -0.39 is 11.6 Å². The Hall–Kier alpha value is -5.33. The van der Waals surface area contributed by atoms with Gasteiger partial charge < -0.3 is 40.9 Å². The monoisotopic (exact) mass is 938 g/mol. The van der Waals surface area contributed by atoms with E-state index in [4.69, 9.17) is 15.6 Å². The largest absolute Gasteiger partial charge is 0.476 e. The number of nitrogens with zero attached hydrogens (tertiary/aromatic N) is 5. The third-order valence-electron chi connectivity index (χ3n) is 12.0. The van der Waals surface area contributed by atoms with E-state index in [0.717, 1.165) is 108 Å². The molecule has 2 amide bonds. The zero-order valence-electron chi connectivity index (χ0n) is 36.2. The molecule has 4 aliphatic rings.